The summed E-state index contributed by atoms with van der Waals surface area (Å²) in [5, 5.41) is 18.2. The molecule has 0 aliphatic carbocycles. The standard InChI is InChI=1S/C16H12ClN5O2S2/c1-8-13(26-9(2)18-8)15-21-22-16(24-15)25-7-12-19-20-14(23-12)10-5-3-4-6-11(10)17/h3-6H,7H2,1-2H3. The summed E-state index contributed by atoms with van der Waals surface area (Å²) < 4.78 is 11.4. The highest BCUT2D eigenvalue weighted by molar-refractivity contribution is 7.98. The van der Waals surface area contributed by atoms with Gasteiger partial charge in [0.1, 0.15) is 4.88 Å². The van der Waals surface area contributed by atoms with E-state index in [9.17, 15) is 0 Å². The van der Waals surface area contributed by atoms with Crippen LogP contribution in [0.15, 0.2) is 38.3 Å². The first-order chi connectivity index (χ1) is 12.6. The number of aromatic nitrogens is 5. The van der Waals surface area contributed by atoms with E-state index in [1.165, 1.54) is 23.1 Å². The molecule has 0 amide bonds. The zero-order valence-corrected chi connectivity index (χ0v) is 16.2. The summed E-state index contributed by atoms with van der Waals surface area (Å²) in [5.41, 5.74) is 1.59. The van der Waals surface area contributed by atoms with Crippen LogP contribution in [0.1, 0.15) is 16.6 Å². The van der Waals surface area contributed by atoms with Crippen LogP contribution in [-0.2, 0) is 5.75 Å². The number of nitrogens with zero attached hydrogens (tertiary/aromatic N) is 5. The molecule has 0 saturated carbocycles. The van der Waals surface area contributed by atoms with Gasteiger partial charge < -0.3 is 8.83 Å². The third-order valence-corrected chi connectivity index (χ3v) is 5.59. The third kappa shape index (κ3) is 3.50. The van der Waals surface area contributed by atoms with Crippen molar-refractivity contribution in [3.63, 3.8) is 0 Å². The molecule has 0 fully saturated rings. The quantitative estimate of drug-likeness (QED) is 0.437. The summed E-state index contributed by atoms with van der Waals surface area (Å²) >= 11 is 9.00. The maximum atomic E-state index is 6.15. The first kappa shape index (κ1) is 17.2. The van der Waals surface area contributed by atoms with Crippen molar-refractivity contribution in [3.05, 3.63) is 45.9 Å². The van der Waals surface area contributed by atoms with E-state index in [1.807, 2.05) is 32.0 Å². The molecule has 1 aromatic carbocycles. The van der Waals surface area contributed by atoms with Crippen LogP contribution in [0.5, 0.6) is 0 Å². The average Bonchev–Trinajstić information content (AvgIpc) is 3.33. The van der Waals surface area contributed by atoms with Crippen molar-refractivity contribution in [2.75, 3.05) is 0 Å². The van der Waals surface area contributed by atoms with E-state index in [4.69, 9.17) is 20.4 Å². The second-order valence-corrected chi connectivity index (χ2v) is 7.83. The van der Waals surface area contributed by atoms with Gasteiger partial charge in [-0.25, -0.2) is 4.98 Å². The number of thioether (sulfide) groups is 1. The van der Waals surface area contributed by atoms with Crippen molar-refractivity contribution in [1.82, 2.24) is 25.4 Å². The lowest BCUT2D eigenvalue weighted by atomic mass is 10.2. The Labute approximate surface area is 161 Å². The molecule has 3 heterocycles. The minimum absolute atomic E-state index is 0.383. The molecule has 26 heavy (non-hydrogen) atoms. The predicted molar refractivity (Wildman–Crippen MR) is 99.2 cm³/mol. The Hall–Kier alpha value is -2.23. The maximum Gasteiger partial charge on any atom is 0.277 e. The number of aryl methyl sites for hydroxylation is 2. The van der Waals surface area contributed by atoms with Crippen molar-refractivity contribution in [3.8, 4) is 22.2 Å². The van der Waals surface area contributed by atoms with Crippen LogP contribution in [0.25, 0.3) is 22.2 Å². The Balaban J connectivity index is 1.46. The summed E-state index contributed by atoms with van der Waals surface area (Å²) in [7, 11) is 0. The molecule has 132 valence electrons. The number of halogens is 1. The molecule has 4 aromatic rings. The largest absolute Gasteiger partial charge is 0.420 e. The van der Waals surface area contributed by atoms with Crippen molar-refractivity contribution in [1.29, 1.82) is 0 Å². The number of benzene rings is 1. The van der Waals surface area contributed by atoms with Gasteiger partial charge >= 0.3 is 0 Å². The molecule has 0 radical (unpaired) electrons. The molecule has 4 rings (SSSR count). The zero-order valence-electron chi connectivity index (χ0n) is 13.8. The minimum atomic E-state index is 0.383. The summed E-state index contributed by atoms with van der Waals surface area (Å²) in [6, 6.07) is 7.32. The summed E-state index contributed by atoms with van der Waals surface area (Å²) in [5.74, 6) is 1.72. The van der Waals surface area contributed by atoms with Crippen molar-refractivity contribution in [2.24, 2.45) is 0 Å². The molecule has 7 nitrogen and oxygen atoms in total. The predicted octanol–water partition coefficient (Wildman–Crippen LogP) is 4.81. The van der Waals surface area contributed by atoms with E-state index in [2.05, 4.69) is 25.4 Å². The van der Waals surface area contributed by atoms with Crippen LogP contribution in [0.2, 0.25) is 5.02 Å². The fourth-order valence-electron chi connectivity index (χ4n) is 2.27. The Morgan fingerprint density at radius 2 is 1.85 bits per heavy atom. The first-order valence-corrected chi connectivity index (χ1v) is 9.76. The van der Waals surface area contributed by atoms with Gasteiger partial charge in [0.2, 0.25) is 11.8 Å². The molecule has 0 N–H and O–H groups in total. The lowest BCUT2D eigenvalue weighted by molar-refractivity contribution is 0.465. The van der Waals surface area contributed by atoms with Gasteiger partial charge in [-0.3, -0.25) is 0 Å². The SMILES string of the molecule is Cc1nc(C)c(-c2nnc(SCc3nnc(-c4ccccc4Cl)o3)o2)s1. The molecular formula is C16H12ClN5O2S2. The van der Waals surface area contributed by atoms with E-state index in [-0.39, 0.29) is 0 Å². The van der Waals surface area contributed by atoms with E-state index >= 15 is 0 Å². The molecule has 10 heteroatoms. The molecular weight excluding hydrogens is 394 g/mol. The number of hydrogen-bond acceptors (Lipinski definition) is 9. The van der Waals surface area contributed by atoms with Crippen LogP contribution in [0.3, 0.4) is 0 Å². The molecule has 3 aromatic heterocycles. The van der Waals surface area contributed by atoms with E-state index < -0.39 is 0 Å². The highest BCUT2D eigenvalue weighted by Crippen LogP contribution is 2.32. The van der Waals surface area contributed by atoms with Gasteiger partial charge in [-0.05, 0) is 26.0 Å². The van der Waals surface area contributed by atoms with Gasteiger partial charge in [-0.2, -0.15) is 0 Å². The minimum Gasteiger partial charge on any atom is -0.420 e. The first-order valence-electron chi connectivity index (χ1n) is 7.58. The van der Waals surface area contributed by atoms with E-state index in [1.54, 1.807) is 6.07 Å². The normalized spacial score (nSPS) is 11.2. The molecule has 0 aliphatic heterocycles. The second-order valence-electron chi connectivity index (χ2n) is 5.29. The molecule has 0 atom stereocenters. The molecule has 0 saturated heterocycles. The van der Waals surface area contributed by atoms with E-state index in [0.717, 1.165) is 15.6 Å². The maximum absolute atomic E-state index is 6.15. The van der Waals surface area contributed by atoms with Gasteiger partial charge in [0.25, 0.3) is 11.1 Å². The Morgan fingerprint density at radius 1 is 1.04 bits per heavy atom. The summed E-state index contributed by atoms with van der Waals surface area (Å²) in [6.45, 7) is 3.86. The molecule has 0 unspecified atom stereocenters. The van der Waals surface area contributed by atoms with Gasteiger partial charge in [0.05, 0.1) is 27.0 Å². The van der Waals surface area contributed by atoms with Crippen LogP contribution in [0.4, 0.5) is 0 Å². The smallest absolute Gasteiger partial charge is 0.277 e. The fourth-order valence-corrected chi connectivity index (χ4v) is 3.93. The second kappa shape index (κ2) is 7.18. The van der Waals surface area contributed by atoms with Gasteiger partial charge in [0.15, 0.2) is 0 Å². The zero-order chi connectivity index (χ0) is 18.1. The molecule has 0 spiro atoms. The van der Waals surface area contributed by atoms with Crippen molar-refractivity contribution in [2.45, 2.75) is 24.8 Å². The molecule has 0 bridgehead atoms. The summed E-state index contributed by atoms with van der Waals surface area (Å²) in [6.07, 6.45) is 0. The average molecular weight is 406 g/mol. The van der Waals surface area contributed by atoms with Crippen LogP contribution in [-0.4, -0.2) is 25.4 Å². The van der Waals surface area contributed by atoms with E-state index in [0.29, 0.717) is 39.2 Å². The Kier molecular flexibility index (Phi) is 4.75. The van der Waals surface area contributed by atoms with Crippen LogP contribution < -0.4 is 0 Å². The number of thiazole rings is 1. The highest BCUT2D eigenvalue weighted by atomic mass is 35.5. The number of hydrogen-bond donors (Lipinski definition) is 0. The highest BCUT2D eigenvalue weighted by Gasteiger charge is 2.17. The summed E-state index contributed by atoms with van der Waals surface area (Å²) in [4.78, 5) is 5.26. The Morgan fingerprint density at radius 3 is 2.62 bits per heavy atom. The third-order valence-electron chi connectivity index (χ3n) is 3.39. The van der Waals surface area contributed by atoms with Gasteiger partial charge in [-0.15, -0.1) is 31.7 Å². The van der Waals surface area contributed by atoms with Gasteiger partial charge in [0, 0.05) is 0 Å². The topological polar surface area (TPSA) is 90.7 Å². The Bertz CT molecular complexity index is 1060. The monoisotopic (exact) mass is 405 g/mol. The van der Waals surface area contributed by atoms with Crippen LogP contribution in [0, 0.1) is 13.8 Å². The van der Waals surface area contributed by atoms with Crippen molar-refractivity contribution < 1.29 is 8.83 Å². The fraction of sp³-hybridized carbons (Fsp3) is 0.188. The van der Waals surface area contributed by atoms with Crippen molar-refractivity contribution >= 4 is 34.7 Å². The molecule has 0 aliphatic rings. The van der Waals surface area contributed by atoms with Gasteiger partial charge in [-0.1, -0.05) is 35.5 Å². The number of rotatable bonds is 5. The lowest BCUT2D eigenvalue weighted by Crippen LogP contribution is -1.80. The lowest BCUT2D eigenvalue weighted by Gasteiger charge is -1.96. The van der Waals surface area contributed by atoms with Crippen LogP contribution >= 0.6 is 34.7 Å².